The molecule has 3 amide bonds. The molecule has 1 aromatic rings. The largest absolute Gasteiger partial charge is 0.481 e. The Kier molecular flexibility index (Phi) is 5.39. The Balaban J connectivity index is 1.57. The van der Waals surface area contributed by atoms with Crippen molar-refractivity contribution in [2.45, 2.75) is 33.1 Å². The van der Waals surface area contributed by atoms with E-state index in [0.29, 0.717) is 30.1 Å². The van der Waals surface area contributed by atoms with E-state index in [9.17, 15) is 19.5 Å². The predicted octanol–water partition coefficient (Wildman–Crippen LogP) is 2.89. The third kappa shape index (κ3) is 4.23. The number of likely N-dealkylation sites (tertiary alicyclic amines) is 2. The quantitative estimate of drug-likeness (QED) is 0.852. The number of hydrogen-bond acceptors (Lipinski definition) is 3. The van der Waals surface area contributed by atoms with Crippen molar-refractivity contribution in [1.82, 2.24) is 9.80 Å². The summed E-state index contributed by atoms with van der Waals surface area (Å²) in [5.74, 6) is -0.190. The van der Waals surface area contributed by atoms with Crippen LogP contribution >= 0.6 is 0 Å². The van der Waals surface area contributed by atoms with E-state index in [2.05, 4.69) is 12.2 Å². The van der Waals surface area contributed by atoms with Crippen molar-refractivity contribution < 1.29 is 19.5 Å². The van der Waals surface area contributed by atoms with E-state index in [0.717, 1.165) is 25.9 Å². The summed E-state index contributed by atoms with van der Waals surface area (Å²) in [5.41, 5.74) is 0.314. The fourth-order valence-electron chi connectivity index (χ4n) is 3.60. The van der Waals surface area contributed by atoms with Crippen molar-refractivity contribution >= 4 is 23.6 Å². The highest BCUT2D eigenvalue weighted by atomic mass is 16.4. The van der Waals surface area contributed by atoms with E-state index in [1.165, 1.54) is 4.90 Å². The van der Waals surface area contributed by atoms with Crippen molar-refractivity contribution in [3.63, 3.8) is 0 Å². The molecule has 146 valence electrons. The van der Waals surface area contributed by atoms with Gasteiger partial charge in [-0.05, 0) is 56.4 Å². The summed E-state index contributed by atoms with van der Waals surface area (Å²) >= 11 is 0. The molecule has 7 nitrogen and oxygen atoms in total. The van der Waals surface area contributed by atoms with Crippen LogP contribution in [0.5, 0.6) is 0 Å². The average Bonchev–Trinajstić information content (AvgIpc) is 3.06. The summed E-state index contributed by atoms with van der Waals surface area (Å²) in [6.45, 7) is 6.05. The van der Waals surface area contributed by atoms with Gasteiger partial charge in [-0.2, -0.15) is 0 Å². The third-order valence-electron chi connectivity index (χ3n) is 5.73. The summed E-state index contributed by atoms with van der Waals surface area (Å²) in [6, 6.07) is 6.56. The molecule has 2 aliphatic rings. The van der Waals surface area contributed by atoms with Gasteiger partial charge in [-0.25, -0.2) is 4.79 Å². The lowest BCUT2D eigenvalue weighted by Crippen LogP contribution is -2.38. The molecule has 3 rings (SSSR count). The number of hydrogen-bond donors (Lipinski definition) is 2. The number of carboxylic acids is 1. The van der Waals surface area contributed by atoms with Crippen LogP contribution < -0.4 is 5.32 Å². The number of nitrogens with zero attached hydrogens (tertiary/aromatic N) is 2. The van der Waals surface area contributed by atoms with Crippen molar-refractivity contribution in [2.24, 2.45) is 11.3 Å². The van der Waals surface area contributed by atoms with E-state index >= 15 is 0 Å². The van der Waals surface area contributed by atoms with E-state index in [1.54, 1.807) is 31.2 Å². The zero-order valence-corrected chi connectivity index (χ0v) is 15.9. The molecule has 0 saturated carbocycles. The van der Waals surface area contributed by atoms with Gasteiger partial charge >= 0.3 is 12.0 Å². The highest BCUT2D eigenvalue weighted by Gasteiger charge is 2.42. The summed E-state index contributed by atoms with van der Waals surface area (Å²) in [7, 11) is 0. The fraction of sp³-hybridized carbons (Fsp3) is 0.550. The van der Waals surface area contributed by atoms with Gasteiger partial charge in [-0.3, -0.25) is 9.59 Å². The second kappa shape index (κ2) is 7.58. The number of piperidine rings is 1. The molecule has 2 saturated heterocycles. The topological polar surface area (TPSA) is 90.0 Å². The van der Waals surface area contributed by atoms with Crippen LogP contribution in [0.25, 0.3) is 0 Å². The van der Waals surface area contributed by atoms with Crippen molar-refractivity contribution in [3.05, 3.63) is 29.8 Å². The monoisotopic (exact) mass is 373 g/mol. The Morgan fingerprint density at radius 1 is 1.07 bits per heavy atom. The molecule has 7 heteroatoms. The molecular formula is C20H27N3O4. The first-order valence-corrected chi connectivity index (χ1v) is 9.47. The number of anilines is 1. The Morgan fingerprint density at radius 2 is 1.70 bits per heavy atom. The normalized spacial score (nSPS) is 23.3. The second-order valence-corrected chi connectivity index (χ2v) is 8.02. The number of carboxylic acid groups (broad SMARTS) is 1. The van der Waals surface area contributed by atoms with E-state index in [4.69, 9.17) is 0 Å². The number of urea groups is 1. The van der Waals surface area contributed by atoms with Crippen molar-refractivity contribution in [1.29, 1.82) is 0 Å². The molecular weight excluding hydrogens is 346 g/mol. The second-order valence-electron chi connectivity index (χ2n) is 8.02. The lowest BCUT2D eigenvalue weighted by molar-refractivity contribution is -0.146. The molecule has 0 bridgehead atoms. The maximum atomic E-state index is 12.6. The number of benzene rings is 1. The van der Waals surface area contributed by atoms with Gasteiger partial charge in [0.05, 0.1) is 5.41 Å². The minimum atomic E-state index is -0.889. The van der Waals surface area contributed by atoms with Crippen LogP contribution in [0.2, 0.25) is 0 Å². The molecule has 0 spiro atoms. The molecule has 0 radical (unpaired) electrons. The van der Waals surface area contributed by atoms with Crippen LogP contribution in [0, 0.1) is 11.3 Å². The average molecular weight is 373 g/mol. The number of rotatable bonds is 3. The van der Waals surface area contributed by atoms with Gasteiger partial charge in [0.25, 0.3) is 5.91 Å². The van der Waals surface area contributed by atoms with Crippen LogP contribution in [0.4, 0.5) is 10.5 Å². The first kappa shape index (κ1) is 19.2. The van der Waals surface area contributed by atoms with Gasteiger partial charge in [0.15, 0.2) is 0 Å². The first-order chi connectivity index (χ1) is 12.8. The Morgan fingerprint density at radius 3 is 2.26 bits per heavy atom. The zero-order chi connectivity index (χ0) is 19.6. The maximum absolute atomic E-state index is 12.6. The van der Waals surface area contributed by atoms with Crippen molar-refractivity contribution in [3.8, 4) is 0 Å². The number of amides is 3. The molecule has 27 heavy (non-hydrogen) atoms. The molecule has 2 heterocycles. The van der Waals surface area contributed by atoms with Crippen molar-refractivity contribution in [2.75, 3.05) is 31.5 Å². The number of aliphatic carboxylic acids is 1. The first-order valence-electron chi connectivity index (χ1n) is 9.47. The summed E-state index contributed by atoms with van der Waals surface area (Å²) in [4.78, 5) is 39.6. The Labute approximate surface area is 159 Å². The van der Waals surface area contributed by atoms with Crippen LogP contribution in [0.1, 0.15) is 43.5 Å². The molecule has 2 aliphatic heterocycles. The van der Waals surface area contributed by atoms with E-state index < -0.39 is 11.4 Å². The maximum Gasteiger partial charge on any atom is 0.321 e. The summed E-state index contributed by atoms with van der Waals surface area (Å²) in [6.07, 6.45) is 2.51. The SMILES string of the molecule is CC1CCN(C(=O)c2ccc(NC(=O)N3CCC(C)(C(=O)O)C3)cc2)CC1. The fourth-order valence-corrected chi connectivity index (χ4v) is 3.60. The molecule has 0 aromatic heterocycles. The number of carbonyl (C=O) groups is 3. The van der Waals surface area contributed by atoms with Gasteiger partial charge < -0.3 is 20.2 Å². The number of carbonyl (C=O) groups excluding carboxylic acids is 2. The highest BCUT2D eigenvalue weighted by molar-refractivity contribution is 5.95. The Bertz CT molecular complexity index is 725. The van der Waals surface area contributed by atoms with E-state index in [-0.39, 0.29) is 18.5 Å². The zero-order valence-electron chi connectivity index (χ0n) is 15.9. The van der Waals surface area contributed by atoms with Gasteiger partial charge in [-0.1, -0.05) is 6.92 Å². The molecule has 0 aliphatic carbocycles. The number of nitrogens with one attached hydrogen (secondary N) is 1. The van der Waals surface area contributed by atoms with Gasteiger partial charge in [0, 0.05) is 37.4 Å². The molecule has 2 N–H and O–H groups in total. The van der Waals surface area contributed by atoms with Gasteiger partial charge in [-0.15, -0.1) is 0 Å². The van der Waals surface area contributed by atoms with Crippen LogP contribution in [0.15, 0.2) is 24.3 Å². The summed E-state index contributed by atoms with van der Waals surface area (Å²) < 4.78 is 0. The minimum Gasteiger partial charge on any atom is -0.481 e. The molecule has 1 unspecified atom stereocenters. The van der Waals surface area contributed by atoms with Crippen LogP contribution in [-0.2, 0) is 4.79 Å². The molecule has 1 aromatic carbocycles. The minimum absolute atomic E-state index is 0.0246. The lowest BCUT2D eigenvalue weighted by Gasteiger charge is -2.30. The predicted molar refractivity (Wildman–Crippen MR) is 102 cm³/mol. The Hall–Kier alpha value is -2.57. The smallest absolute Gasteiger partial charge is 0.321 e. The van der Waals surface area contributed by atoms with Gasteiger partial charge in [0.1, 0.15) is 0 Å². The van der Waals surface area contributed by atoms with Crippen LogP contribution in [-0.4, -0.2) is 59.0 Å². The highest BCUT2D eigenvalue weighted by Crippen LogP contribution is 2.30. The lowest BCUT2D eigenvalue weighted by atomic mass is 9.90. The molecule has 2 fully saturated rings. The third-order valence-corrected chi connectivity index (χ3v) is 5.73. The van der Waals surface area contributed by atoms with Crippen LogP contribution in [0.3, 0.4) is 0 Å². The standard InChI is InChI=1S/C20H27N3O4/c1-14-7-10-22(11-8-14)17(24)15-3-5-16(6-4-15)21-19(27)23-12-9-20(2,13-23)18(25)26/h3-6,14H,7-13H2,1-2H3,(H,21,27)(H,25,26). The van der Waals surface area contributed by atoms with E-state index in [1.807, 2.05) is 4.90 Å². The van der Waals surface area contributed by atoms with Gasteiger partial charge in [0.2, 0.25) is 0 Å². The summed E-state index contributed by atoms with van der Waals surface area (Å²) in [5, 5.41) is 12.1. The molecule has 1 atom stereocenters.